The smallest absolute Gasteiger partial charge is 0.225 e. The Hall–Kier alpha value is -2.17. The summed E-state index contributed by atoms with van der Waals surface area (Å²) in [6.45, 7) is 4.71. The number of benzene rings is 1. The molecule has 0 fully saturated rings. The molecule has 1 N–H and O–H groups in total. The summed E-state index contributed by atoms with van der Waals surface area (Å²) in [5.41, 5.74) is 0.850. The van der Waals surface area contributed by atoms with Crippen molar-refractivity contribution in [3.8, 4) is 11.6 Å². The predicted octanol–water partition coefficient (Wildman–Crippen LogP) is 3.54. The Balaban J connectivity index is 2.16. The van der Waals surface area contributed by atoms with Gasteiger partial charge in [0.05, 0.1) is 0 Å². The van der Waals surface area contributed by atoms with E-state index in [-0.39, 0.29) is 5.82 Å². The molecule has 1 aromatic heterocycles. The number of aryl methyl sites for hydroxylation is 1. The number of hydrogen-bond acceptors (Lipinski definition) is 4. The number of anilines is 1. The maximum absolute atomic E-state index is 13.2. The van der Waals surface area contributed by atoms with Crippen molar-refractivity contribution in [1.82, 2.24) is 9.97 Å². The van der Waals surface area contributed by atoms with E-state index in [1.54, 1.807) is 18.3 Å². The van der Waals surface area contributed by atoms with Gasteiger partial charge in [-0.1, -0.05) is 13.0 Å². The van der Waals surface area contributed by atoms with Crippen LogP contribution < -0.4 is 10.1 Å². The van der Waals surface area contributed by atoms with Gasteiger partial charge in [-0.15, -0.1) is 0 Å². The number of hydrogen-bond donors (Lipinski definition) is 1. The molecule has 0 spiro atoms. The highest BCUT2D eigenvalue weighted by molar-refractivity contribution is 5.36. The van der Waals surface area contributed by atoms with E-state index in [1.165, 1.54) is 12.1 Å². The van der Waals surface area contributed by atoms with E-state index in [4.69, 9.17) is 4.74 Å². The number of aromatic nitrogens is 2. The Morgan fingerprint density at radius 2 is 2.16 bits per heavy atom. The average molecular weight is 261 g/mol. The number of rotatable bonds is 5. The monoisotopic (exact) mass is 261 g/mol. The highest BCUT2D eigenvalue weighted by Gasteiger charge is 2.05. The van der Waals surface area contributed by atoms with Crippen molar-refractivity contribution < 1.29 is 9.13 Å². The standard InChI is InChI=1S/C14H16FN3O/c1-3-7-16-14-17-8-6-13(18-14)19-12-9-11(15)5-4-10(12)2/h4-6,8-9H,3,7H2,1-2H3,(H,16,17,18). The molecule has 0 amide bonds. The number of nitrogens with one attached hydrogen (secondary N) is 1. The zero-order valence-corrected chi connectivity index (χ0v) is 11.0. The Morgan fingerprint density at radius 1 is 1.32 bits per heavy atom. The van der Waals surface area contributed by atoms with Crippen LogP contribution in [0.3, 0.4) is 0 Å². The highest BCUT2D eigenvalue weighted by atomic mass is 19.1. The Bertz CT molecular complexity index is 560. The molecule has 0 aliphatic carbocycles. The minimum atomic E-state index is -0.334. The van der Waals surface area contributed by atoms with Gasteiger partial charge >= 0.3 is 0 Å². The van der Waals surface area contributed by atoms with Crippen LogP contribution in [0.25, 0.3) is 0 Å². The van der Waals surface area contributed by atoms with Gasteiger partial charge < -0.3 is 10.1 Å². The van der Waals surface area contributed by atoms with Crippen molar-refractivity contribution in [2.75, 3.05) is 11.9 Å². The van der Waals surface area contributed by atoms with Gasteiger partial charge in [0.1, 0.15) is 11.6 Å². The van der Waals surface area contributed by atoms with Crippen molar-refractivity contribution in [2.45, 2.75) is 20.3 Å². The molecule has 5 heteroatoms. The van der Waals surface area contributed by atoms with Gasteiger partial charge in [-0.3, -0.25) is 0 Å². The summed E-state index contributed by atoms with van der Waals surface area (Å²) in [6.07, 6.45) is 2.59. The molecule has 4 nitrogen and oxygen atoms in total. The molecule has 1 aromatic carbocycles. The van der Waals surface area contributed by atoms with Crippen LogP contribution in [0.1, 0.15) is 18.9 Å². The summed E-state index contributed by atoms with van der Waals surface area (Å²) in [7, 11) is 0. The number of ether oxygens (including phenoxy) is 1. The van der Waals surface area contributed by atoms with Crippen LogP contribution in [0.5, 0.6) is 11.6 Å². The molecule has 0 aliphatic rings. The molecule has 1 heterocycles. The van der Waals surface area contributed by atoms with Crippen LogP contribution in [0, 0.1) is 12.7 Å². The van der Waals surface area contributed by atoms with E-state index in [0.29, 0.717) is 17.6 Å². The second-order valence-corrected chi connectivity index (χ2v) is 4.16. The normalized spacial score (nSPS) is 10.3. The third-order valence-corrected chi connectivity index (χ3v) is 2.53. The van der Waals surface area contributed by atoms with E-state index in [0.717, 1.165) is 18.5 Å². The van der Waals surface area contributed by atoms with Crippen LogP contribution in [-0.2, 0) is 0 Å². The zero-order valence-electron chi connectivity index (χ0n) is 11.0. The second kappa shape index (κ2) is 6.13. The molecule has 2 aromatic rings. The number of nitrogens with zero attached hydrogens (tertiary/aromatic N) is 2. The molecule has 0 radical (unpaired) electrons. The molecule has 0 unspecified atom stereocenters. The Labute approximate surface area is 111 Å². The first-order valence-corrected chi connectivity index (χ1v) is 6.20. The topological polar surface area (TPSA) is 47.0 Å². The minimum absolute atomic E-state index is 0.334. The third-order valence-electron chi connectivity index (χ3n) is 2.53. The lowest BCUT2D eigenvalue weighted by Gasteiger charge is -2.09. The molecule has 100 valence electrons. The van der Waals surface area contributed by atoms with Gasteiger partial charge in [-0.25, -0.2) is 9.37 Å². The predicted molar refractivity (Wildman–Crippen MR) is 72.0 cm³/mol. The van der Waals surface area contributed by atoms with Gasteiger partial charge in [0.2, 0.25) is 11.8 Å². The molecule has 0 aliphatic heterocycles. The first-order valence-electron chi connectivity index (χ1n) is 6.20. The largest absolute Gasteiger partial charge is 0.438 e. The summed E-state index contributed by atoms with van der Waals surface area (Å²) in [5, 5.41) is 3.07. The van der Waals surface area contributed by atoms with E-state index in [2.05, 4.69) is 22.2 Å². The summed E-state index contributed by atoms with van der Waals surface area (Å²) < 4.78 is 18.8. The van der Waals surface area contributed by atoms with Crippen LogP contribution >= 0.6 is 0 Å². The molecule has 0 atom stereocenters. The fraction of sp³-hybridized carbons (Fsp3) is 0.286. The summed E-state index contributed by atoms with van der Waals surface area (Å²) in [5.74, 6) is 1.02. The van der Waals surface area contributed by atoms with E-state index >= 15 is 0 Å². The summed E-state index contributed by atoms with van der Waals surface area (Å²) in [4.78, 5) is 8.29. The molecule has 0 bridgehead atoms. The van der Waals surface area contributed by atoms with Crippen LogP contribution in [0.2, 0.25) is 0 Å². The quantitative estimate of drug-likeness (QED) is 0.894. The van der Waals surface area contributed by atoms with Crippen LogP contribution in [0.4, 0.5) is 10.3 Å². The molecular formula is C14H16FN3O. The van der Waals surface area contributed by atoms with Gasteiger partial charge in [0.25, 0.3) is 0 Å². The van der Waals surface area contributed by atoms with Crippen molar-refractivity contribution in [1.29, 1.82) is 0 Å². The van der Waals surface area contributed by atoms with Crippen molar-refractivity contribution in [2.24, 2.45) is 0 Å². The highest BCUT2D eigenvalue weighted by Crippen LogP contribution is 2.24. The molecule has 0 saturated heterocycles. The first kappa shape index (κ1) is 13.3. The fourth-order valence-corrected chi connectivity index (χ4v) is 1.52. The van der Waals surface area contributed by atoms with Crippen LogP contribution in [0.15, 0.2) is 30.5 Å². The van der Waals surface area contributed by atoms with Crippen molar-refractivity contribution >= 4 is 5.95 Å². The Morgan fingerprint density at radius 3 is 2.95 bits per heavy atom. The lowest BCUT2D eigenvalue weighted by Crippen LogP contribution is -2.04. The number of halogens is 1. The van der Waals surface area contributed by atoms with Gasteiger partial charge in [-0.05, 0) is 25.0 Å². The van der Waals surface area contributed by atoms with Crippen molar-refractivity contribution in [3.05, 3.63) is 41.8 Å². The van der Waals surface area contributed by atoms with Gasteiger partial charge in [0, 0.05) is 24.9 Å². The SMILES string of the molecule is CCCNc1nccc(Oc2cc(F)ccc2C)n1. The van der Waals surface area contributed by atoms with Gasteiger partial charge in [0.15, 0.2) is 0 Å². The maximum atomic E-state index is 13.2. The minimum Gasteiger partial charge on any atom is -0.438 e. The molecule has 2 rings (SSSR count). The lowest BCUT2D eigenvalue weighted by molar-refractivity contribution is 0.454. The summed E-state index contributed by atoms with van der Waals surface area (Å²) in [6, 6.07) is 6.05. The average Bonchev–Trinajstić information content (AvgIpc) is 2.41. The summed E-state index contributed by atoms with van der Waals surface area (Å²) >= 11 is 0. The van der Waals surface area contributed by atoms with Crippen LogP contribution in [-0.4, -0.2) is 16.5 Å². The maximum Gasteiger partial charge on any atom is 0.225 e. The second-order valence-electron chi connectivity index (χ2n) is 4.16. The Kier molecular flexibility index (Phi) is 4.28. The lowest BCUT2D eigenvalue weighted by atomic mass is 10.2. The molecular weight excluding hydrogens is 245 g/mol. The molecule has 0 saturated carbocycles. The fourth-order valence-electron chi connectivity index (χ4n) is 1.52. The third kappa shape index (κ3) is 3.64. The van der Waals surface area contributed by atoms with E-state index < -0.39 is 0 Å². The first-order chi connectivity index (χ1) is 9.19. The zero-order chi connectivity index (χ0) is 13.7. The molecule has 19 heavy (non-hydrogen) atoms. The van der Waals surface area contributed by atoms with Crippen molar-refractivity contribution in [3.63, 3.8) is 0 Å². The van der Waals surface area contributed by atoms with E-state index in [9.17, 15) is 4.39 Å². The van der Waals surface area contributed by atoms with Gasteiger partial charge in [-0.2, -0.15) is 4.98 Å². The van der Waals surface area contributed by atoms with E-state index in [1.807, 2.05) is 6.92 Å².